The number of hydrogen-bond donors (Lipinski definition) is 1. The topological polar surface area (TPSA) is 70.1 Å². The zero-order chi connectivity index (χ0) is 14.7. The molecule has 0 aliphatic carbocycles. The van der Waals surface area contributed by atoms with Crippen LogP contribution in [-0.4, -0.2) is 15.7 Å². The molecule has 6 heteroatoms. The highest BCUT2D eigenvalue weighted by Gasteiger charge is 2.15. The van der Waals surface area contributed by atoms with Gasteiger partial charge in [0, 0.05) is 12.7 Å². The number of nitrogen functional groups attached to an aromatic ring is 1. The van der Waals surface area contributed by atoms with Crippen molar-refractivity contribution in [3.05, 3.63) is 46.2 Å². The number of aromatic nitrogens is 2. The smallest absolute Gasteiger partial charge is 0.338 e. The van der Waals surface area contributed by atoms with E-state index < -0.39 is 5.97 Å². The van der Waals surface area contributed by atoms with Gasteiger partial charge < -0.3 is 10.5 Å². The number of nitrogens with two attached hydrogens (primary N) is 1. The van der Waals surface area contributed by atoms with E-state index in [-0.39, 0.29) is 6.61 Å². The molecular weight excluding hydrogens is 278 g/mol. The molecular formula is C14H16ClN3O2. The van der Waals surface area contributed by atoms with Crippen LogP contribution in [0.3, 0.4) is 0 Å². The van der Waals surface area contributed by atoms with Crippen LogP contribution < -0.4 is 5.73 Å². The molecule has 106 valence electrons. The average molecular weight is 294 g/mol. The van der Waals surface area contributed by atoms with Crippen LogP contribution in [0.2, 0.25) is 5.02 Å². The van der Waals surface area contributed by atoms with Gasteiger partial charge in [-0.3, -0.25) is 4.68 Å². The number of esters is 1. The van der Waals surface area contributed by atoms with Crippen LogP contribution >= 0.6 is 11.6 Å². The summed E-state index contributed by atoms with van der Waals surface area (Å²) in [6.07, 6.45) is 0.732. The van der Waals surface area contributed by atoms with Crippen molar-refractivity contribution in [1.29, 1.82) is 0 Å². The van der Waals surface area contributed by atoms with Gasteiger partial charge in [-0.25, -0.2) is 4.79 Å². The summed E-state index contributed by atoms with van der Waals surface area (Å²) in [5.74, 6) is -0.437. The number of ether oxygens (including phenoxy) is 1. The third-order valence-corrected chi connectivity index (χ3v) is 3.40. The van der Waals surface area contributed by atoms with Crippen molar-refractivity contribution in [3.8, 4) is 0 Å². The van der Waals surface area contributed by atoms with Gasteiger partial charge in [-0.1, -0.05) is 24.6 Å². The molecule has 20 heavy (non-hydrogen) atoms. The first kappa shape index (κ1) is 14.4. The predicted octanol–water partition coefficient (Wildman–Crippen LogP) is 2.58. The molecule has 0 aliphatic heterocycles. The van der Waals surface area contributed by atoms with Crippen molar-refractivity contribution in [2.75, 3.05) is 5.73 Å². The lowest BCUT2D eigenvalue weighted by Crippen LogP contribution is -2.08. The summed E-state index contributed by atoms with van der Waals surface area (Å²) in [5, 5.41) is 4.82. The minimum atomic E-state index is -0.437. The second-order valence-electron chi connectivity index (χ2n) is 4.39. The van der Waals surface area contributed by atoms with Gasteiger partial charge in [0.15, 0.2) is 0 Å². The van der Waals surface area contributed by atoms with E-state index in [2.05, 4.69) is 5.10 Å². The Hall–Kier alpha value is -2.01. The highest BCUT2D eigenvalue weighted by molar-refractivity contribution is 6.31. The Morgan fingerprint density at radius 2 is 2.25 bits per heavy atom. The molecule has 0 saturated heterocycles. The van der Waals surface area contributed by atoms with Crippen molar-refractivity contribution in [2.45, 2.75) is 20.0 Å². The van der Waals surface area contributed by atoms with E-state index in [9.17, 15) is 4.79 Å². The highest BCUT2D eigenvalue weighted by atomic mass is 35.5. The average Bonchev–Trinajstić information content (AvgIpc) is 2.71. The van der Waals surface area contributed by atoms with Crippen molar-refractivity contribution in [3.63, 3.8) is 0 Å². The van der Waals surface area contributed by atoms with Gasteiger partial charge in [-0.15, -0.1) is 0 Å². The first-order valence-corrected chi connectivity index (χ1v) is 6.63. The molecule has 1 aromatic carbocycles. The first-order valence-electron chi connectivity index (χ1n) is 6.25. The first-order chi connectivity index (χ1) is 9.52. The molecule has 5 nitrogen and oxygen atoms in total. The zero-order valence-corrected chi connectivity index (χ0v) is 12.1. The zero-order valence-electron chi connectivity index (χ0n) is 11.4. The number of aryl methyl sites for hydroxylation is 2. The number of nitrogens with zero attached hydrogens (tertiary/aromatic N) is 2. The Morgan fingerprint density at radius 1 is 1.50 bits per heavy atom. The van der Waals surface area contributed by atoms with E-state index in [1.54, 1.807) is 36.0 Å². The van der Waals surface area contributed by atoms with Crippen molar-refractivity contribution in [1.82, 2.24) is 9.78 Å². The Balaban J connectivity index is 2.09. The second-order valence-corrected chi connectivity index (χ2v) is 4.76. The van der Waals surface area contributed by atoms with Crippen LogP contribution in [-0.2, 0) is 24.8 Å². The Bertz CT molecular complexity index is 637. The maximum Gasteiger partial charge on any atom is 0.338 e. The van der Waals surface area contributed by atoms with Gasteiger partial charge in [-0.2, -0.15) is 5.10 Å². The largest absolute Gasteiger partial charge is 0.456 e. The summed E-state index contributed by atoms with van der Waals surface area (Å²) >= 11 is 6.19. The number of carbonyl (C=O) groups is 1. The molecule has 2 aromatic rings. The van der Waals surface area contributed by atoms with E-state index in [1.807, 2.05) is 6.92 Å². The lowest BCUT2D eigenvalue weighted by Gasteiger charge is -2.06. The number of halogens is 1. The van der Waals surface area contributed by atoms with Gasteiger partial charge in [0.1, 0.15) is 6.61 Å². The Morgan fingerprint density at radius 3 is 2.85 bits per heavy atom. The summed E-state index contributed by atoms with van der Waals surface area (Å²) in [7, 11) is 1.77. The van der Waals surface area contributed by atoms with E-state index in [4.69, 9.17) is 22.1 Å². The fourth-order valence-electron chi connectivity index (χ4n) is 1.86. The molecule has 0 spiro atoms. The minimum absolute atomic E-state index is 0.0793. The molecule has 2 N–H and O–H groups in total. The summed E-state index contributed by atoms with van der Waals surface area (Å²) < 4.78 is 6.88. The molecule has 1 heterocycles. The third kappa shape index (κ3) is 2.93. The summed E-state index contributed by atoms with van der Waals surface area (Å²) in [4.78, 5) is 11.9. The molecule has 2 rings (SSSR count). The second kappa shape index (κ2) is 5.96. The Kier molecular flexibility index (Phi) is 4.29. The van der Waals surface area contributed by atoms with Crippen LogP contribution in [0.15, 0.2) is 24.3 Å². The SMILES string of the molecule is CCc1nn(C)c(COC(=O)c2cccc(N)c2)c1Cl. The number of rotatable bonds is 4. The number of carbonyl (C=O) groups excluding carboxylic acids is 1. The molecule has 0 saturated carbocycles. The third-order valence-electron chi connectivity index (χ3n) is 2.97. The van der Waals surface area contributed by atoms with E-state index in [0.29, 0.717) is 22.0 Å². The van der Waals surface area contributed by atoms with Crippen molar-refractivity contribution < 1.29 is 9.53 Å². The van der Waals surface area contributed by atoms with Crippen molar-refractivity contribution in [2.24, 2.45) is 7.05 Å². The number of hydrogen-bond acceptors (Lipinski definition) is 4. The fraction of sp³-hybridized carbons (Fsp3) is 0.286. The number of benzene rings is 1. The maximum absolute atomic E-state index is 11.9. The quantitative estimate of drug-likeness (QED) is 0.695. The Labute approximate surface area is 122 Å². The highest BCUT2D eigenvalue weighted by Crippen LogP contribution is 2.22. The lowest BCUT2D eigenvalue weighted by molar-refractivity contribution is 0.0464. The van der Waals surface area contributed by atoms with Crippen LogP contribution in [0.5, 0.6) is 0 Å². The van der Waals surface area contributed by atoms with Crippen LogP contribution in [0.25, 0.3) is 0 Å². The minimum Gasteiger partial charge on any atom is -0.456 e. The van der Waals surface area contributed by atoms with Gasteiger partial charge in [0.25, 0.3) is 0 Å². The van der Waals surface area contributed by atoms with Crippen LogP contribution in [0.1, 0.15) is 28.7 Å². The molecule has 0 bridgehead atoms. The lowest BCUT2D eigenvalue weighted by atomic mass is 10.2. The molecule has 0 radical (unpaired) electrons. The van der Waals surface area contributed by atoms with Crippen LogP contribution in [0, 0.1) is 0 Å². The van der Waals surface area contributed by atoms with Crippen LogP contribution in [0.4, 0.5) is 5.69 Å². The summed E-state index contributed by atoms with van der Waals surface area (Å²) in [6, 6.07) is 6.64. The maximum atomic E-state index is 11.9. The molecule has 0 atom stereocenters. The van der Waals surface area contributed by atoms with E-state index in [0.717, 1.165) is 12.1 Å². The summed E-state index contributed by atoms with van der Waals surface area (Å²) in [6.45, 7) is 2.05. The normalized spacial score (nSPS) is 10.6. The number of anilines is 1. The molecule has 0 unspecified atom stereocenters. The van der Waals surface area contributed by atoms with E-state index >= 15 is 0 Å². The predicted molar refractivity (Wildman–Crippen MR) is 77.6 cm³/mol. The molecule has 0 fully saturated rings. The molecule has 1 aromatic heterocycles. The van der Waals surface area contributed by atoms with Gasteiger partial charge in [-0.05, 0) is 24.6 Å². The monoisotopic (exact) mass is 293 g/mol. The summed E-state index contributed by atoms with van der Waals surface area (Å²) in [5.41, 5.74) is 8.04. The fourth-order valence-corrected chi connectivity index (χ4v) is 2.21. The van der Waals surface area contributed by atoms with Gasteiger partial charge in [0.05, 0.1) is 22.0 Å². The van der Waals surface area contributed by atoms with Crippen molar-refractivity contribution >= 4 is 23.3 Å². The standard InChI is InChI=1S/C14H16ClN3O2/c1-3-11-13(15)12(18(2)17-11)8-20-14(19)9-5-4-6-10(16)7-9/h4-7H,3,8,16H2,1-2H3. The van der Waals surface area contributed by atoms with Gasteiger partial charge >= 0.3 is 5.97 Å². The van der Waals surface area contributed by atoms with Gasteiger partial charge in [0.2, 0.25) is 0 Å². The van der Waals surface area contributed by atoms with E-state index in [1.165, 1.54) is 0 Å². The molecule has 0 amide bonds. The molecule has 0 aliphatic rings.